The normalized spacial score (nSPS) is 20.4. The highest BCUT2D eigenvalue weighted by atomic mass is 19.4. The summed E-state index contributed by atoms with van der Waals surface area (Å²) in [6.45, 7) is -1.24. The number of nitrogens with zero attached hydrogens (tertiary/aromatic N) is 12. The lowest BCUT2D eigenvalue weighted by molar-refractivity contribution is -0.167. The van der Waals surface area contributed by atoms with E-state index in [-0.39, 0.29) is 103 Å². The molecule has 3 N–H and O–H groups in total. The van der Waals surface area contributed by atoms with Crippen molar-refractivity contribution in [3.63, 3.8) is 0 Å². The second kappa shape index (κ2) is 20.4. The molecule has 33 heteroatoms. The topological polar surface area (TPSA) is 315 Å². The summed E-state index contributed by atoms with van der Waals surface area (Å²) in [5.41, 5.74) is 11.2. The molecule has 3 aliphatic heterocycles. The van der Waals surface area contributed by atoms with E-state index in [1.807, 2.05) is 0 Å². The highest BCUT2D eigenvalue weighted by Gasteiger charge is 2.60. The fraction of sp³-hybridized carbons (Fsp3) is 0.217. The third kappa shape index (κ3) is 8.64. The van der Waals surface area contributed by atoms with Gasteiger partial charge in [-0.25, -0.2) is 29.9 Å². The first-order valence-corrected chi connectivity index (χ1v) is 31.5. The largest absolute Gasteiger partial charge is 0.471 e. The van der Waals surface area contributed by atoms with E-state index in [0.717, 1.165) is 84.9 Å². The van der Waals surface area contributed by atoms with E-state index in [2.05, 4.69) is 15.0 Å². The van der Waals surface area contributed by atoms with E-state index < -0.39 is 91.3 Å². The van der Waals surface area contributed by atoms with Gasteiger partial charge in [0, 0.05) is 54.1 Å². The Bertz CT molecular complexity index is 5000. The molecule has 0 spiro atoms. The summed E-state index contributed by atoms with van der Waals surface area (Å²) in [4.78, 5) is 166. The van der Waals surface area contributed by atoms with Crippen LogP contribution in [0.25, 0.3) is 33.1 Å². The molecule has 19 rings (SSSR count). The van der Waals surface area contributed by atoms with Gasteiger partial charge in [-0.3, -0.25) is 72.8 Å². The van der Waals surface area contributed by atoms with Crippen LogP contribution in [-0.4, -0.2) is 131 Å². The van der Waals surface area contributed by atoms with Crippen molar-refractivity contribution in [1.29, 1.82) is 0 Å². The standard InChI is InChI=1S/C69H36F9N15O9/c70-67(71,72)64(100)82-25-1-22(13-79-16-25)19-91-58(94)28-7-40-41(8-29(28)59(91)95)86-53-35-4-34(52(53)85-40)46-47(35)49-37-6-39(57-55(37)88-43-10-31-33(12-45(43)90-57)63(99)93(61(31)97)21-24-3-27(18-81-15-24)84-66(102)69(76,77)78)51(49)50-38-5-36(48(46)50)54-56(38)89-44-11-32-30(9-42(44)87-54)60(96)92(62(32)98)20-23-2-26(17-80-14-23)83-65(101)68(73,74)75/h1-3,7-18,34-39H,4-6,19-21H2,(H,82,100)(H,83,101)(H,84,102)/t34-,35+,36+,37-,38-,39+. The van der Waals surface area contributed by atoms with Crippen LogP contribution in [0.1, 0.15) is 201 Å². The Kier molecular flexibility index (Phi) is 12.1. The number of carbonyl (C=O) groups excluding carboxylic acids is 9. The number of hydrogen-bond donors (Lipinski definition) is 3. The highest BCUT2D eigenvalue weighted by Crippen LogP contribution is 2.71. The number of aromatic nitrogens is 9. The van der Waals surface area contributed by atoms with Gasteiger partial charge in [0.25, 0.3) is 35.4 Å². The molecule has 102 heavy (non-hydrogen) atoms. The molecule has 0 radical (unpaired) electrons. The molecule has 6 aliphatic carbocycles. The molecule has 504 valence electrons. The maximum atomic E-state index is 14.2. The summed E-state index contributed by atoms with van der Waals surface area (Å²) < 4.78 is 118. The Morgan fingerprint density at radius 1 is 0.324 bits per heavy atom. The average Bonchev–Trinajstić information content (AvgIpc) is 1.48. The van der Waals surface area contributed by atoms with Crippen LogP contribution in [0.3, 0.4) is 0 Å². The fourth-order valence-electron chi connectivity index (χ4n) is 16.7. The molecule has 9 amide bonds. The molecule has 9 heterocycles. The van der Waals surface area contributed by atoms with Gasteiger partial charge in [-0.15, -0.1) is 0 Å². The van der Waals surface area contributed by atoms with Crippen molar-refractivity contribution < 1.29 is 82.7 Å². The van der Waals surface area contributed by atoms with Gasteiger partial charge in [0.05, 0.1) is 156 Å². The number of benzene rings is 4. The fourth-order valence-corrected chi connectivity index (χ4v) is 16.7. The molecule has 0 saturated heterocycles. The highest BCUT2D eigenvalue weighted by molar-refractivity contribution is 6.24. The van der Waals surface area contributed by atoms with Crippen LogP contribution in [0.5, 0.6) is 0 Å². The lowest BCUT2D eigenvalue weighted by atomic mass is 9.72. The third-order valence-corrected chi connectivity index (χ3v) is 20.6. The van der Waals surface area contributed by atoms with Gasteiger partial charge in [-0.2, -0.15) is 39.5 Å². The average molecular weight is 1390 g/mol. The molecule has 0 saturated carbocycles. The number of rotatable bonds is 9. The Labute approximate surface area is 561 Å². The van der Waals surface area contributed by atoms with Crippen LogP contribution in [0.4, 0.5) is 56.6 Å². The van der Waals surface area contributed by atoms with Crippen LogP contribution in [-0.2, 0) is 34.0 Å². The van der Waals surface area contributed by atoms with E-state index in [4.69, 9.17) is 29.9 Å². The summed E-state index contributed by atoms with van der Waals surface area (Å²) >= 11 is 0. The monoisotopic (exact) mass is 1390 g/mol. The zero-order valence-corrected chi connectivity index (χ0v) is 51.3. The summed E-state index contributed by atoms with van der Waals surface area (Å²) in [5.74, 6) is -13.3. The first-order valence-electron chi connectivity index (χ1n) is 31.5. The molecule has 6 atom stereocenters. The summed E-state index contributed by atoms with van der Waals surface area (Å²) in [6.07, 6.45) is -7.36. The van der Waals surface area contributed by atoms with Gasteiger partial charge in [-0.05, 0) is 124 Å². The van der Waals surface area contributed by atoms with E-state index in [9.17, 15) is 82.7 Å². The Morgan fingerprint density at radius 3 is 0.706 bits per heavy atom. The summed E-state index contributed by atoms with van der Waals surface area (Å²) in [6, 6.07) is 12.4. The third-order valence-electron chi connectivity index (χ3n) is 20.6. The van der Waals surface area contributed by atoms with Gasteiger partial charge in [0.1, 0.15) is 0 Å². The minimum atomic E-state index is -5.20. The Balaban J connectivity index is 0.695. The number of pyridine rings is 3. The first kappa shape index (κ1) is 60.7. The Morgan fingerprint density at radius 2 is 0.520 bits per heavy atom. The van der Waals surface area contributed by atoms with Crippen molar-refractivity contribution in [1.82, 2.24) is 59.6 Å². The predicted molar refractivity (Wildman–Crippen MR) is 329 cm³/mol. The van der Waals surface area contributed by atoms with E-state index >= 15 is 0 Å². The molecule has 6 aromatic heterocycles. The van der Waals surface area contributed by atoms with Gasteiger partial charge in [0.2, 0.25) is 0 Å². The number of alkyl halides is 9. The molecule has 4 aromatic carbocycles. The number of carbonyl (C=O) groups is 9. The predicted octanol–water partition coefficient (Wildman–Crippen LogP) is 9.53. The summed E-state index contributed by atoms with van der Waals surface area (Å²) in [7, 11) is 0. The molecule has 0 fully saturated rings. The van der Waals surface area contributed by atoms with Gasteiger partial charge >= 0.3 is 36.3 Å². The number of halogens is 9. The lowest BCUT2D eigenvalue weighted by Gasteiger charge is -2.33. The van der Waals surface area contributed by atoms with Crippen LogP contribution in [0.15, 0.2) is 91.8 Å². The SMILES string of the molecule is O=C1c2cc3nc4c(nc3cc2C(=O)N1Cc1cncc(NC(=O)C(F)(F)F)c1)[C@@H]1C[C@H]4c2c3c(c4c(c21)[C@@H]1C[C@H]4c2nc4cc5c(cc4nc21)C(=O)N(Cc1cncc(NC(=O)C(F)(F)F)c1)C5=O)[C@@H]1C[C@H]3c2nc3cc4c(cc3nc21)C(=O)N(Cc1cncc(NC(=O)C(F)(F)F)c1)C4=O. The summed E-state index contributed by atoms with van der Waals surface area (Å²) in [5, 5.41) is 5.16. The first-order chi connectivity index (χ1) is 48.6. The number of anilines is 3. The van der Waals surface area contributed by atoms with E-state index in [1.54, 1.807) is 16.0 Å². The quantitative estimate of drug-likeness (QED) is 0.0894. The van der Waals surface area contributed by atoms with Crippen LogP contribution in [0, 0.1) is 0 Å². The minimum Gasteiger partial charge on any atom is -0.317 e. The second-order valence-electron chi connectivity index (χ2n) is 26.3. The molecule has 9 aliphatic rings. The zero-order valence-electron chi connectivity index (χ0n) is 51.3. The van der Waals surface area contributed by atoms with Crippen molar-refractivity contribution in [3.05, 3.63) is 209 Å². The molecule has 10 aromatic rings. The van der Waals surface area contributed by atoms with E-state index in [1.165, 1.54) is 55.0 Å². The van der Waals surface area contributed by atoms with Crippen molar-refractivity contribution in [2.45, 2.75) is 92.9 Å². The second-order valence-corrected chi connectivity index (χ2v) is 26.3. The number of nitrogens with one attached hydrogen (secondary N) is 3. The van der Waals surface area contributed by atoms with Crippen molar-refractivity contribution in [2.75, 3.05) is 16.0 Å². The van der Waals surface area contributed by atoms with Crippen molar-refractivity contribution in [2.24, 2.45) is 0 Å². The molecule has 0 unspecified atom stereocenters. The smallest absolute Gasteiger partial charge is 0.317 e. The van der Waals surface area contributed by atoms with E-state index in [0.29, 0.717) is 86.5 Å². The Hall–Kier alpha value is -12.5. The van der Waals surface area contributed by atoms with Gasteiger partial charge in [-0.1, -0.05) is 0 Å². The van der Waals surface area contributed by atoms with Crippen LogP contribution in [0.2, 0.25) is 0 Å². The maximum absolute atomic E-state index is 14.2. The maximum Gasteiger partial charge on any atom is 0.471 e. The zero-order chi connectivity index (χ0) is 70.5. The van der Waals surface area contributed by atoms with Crippen LogP contribution >= 0.6 is 0 Å². The van der Waals surface area contributed by atoms with Crippen LogP contribution < -0.4 is 16.0 Å². The number of imide groups is 3. The number of hydrogen-bond acceptors (Lipinski definition) is 18. The lowest BCUT2D eigenvalue weighted by Crippen LogP contribution is -2.30. The van der Waals surface area contributed by atoms with Crippen molar-refractivity contribution in [3.8, 4) is 0 Å². The number of amides is 9. The number of fused-ring (bicyclic) bond motifs is 33. The van der Waals surface area contributed by atoms with Gasteiger partial charge < -0.3 is 16.0 Å². The molecular formula is C69H36F9N15O9. The molecular weight excluding hydrogens is 1350 g/mol. The minimum absolute atomic E-state index is 0.00698. The van der Waals surface area contributed by atoms with Gasteiger partial charge in [0.15, 0.2) is 0 Å². The molecule has 24 nitrogen and oxygen atoms in total. The molecule has 6 bridgehead atoms. The van der Waals surface area contributed by atoms with Crippen molar-refractivity contribution >= 4 is 103 Å².